The highest BCUT2D eigenvalue weighted by atomic mass is 19.1. The molecular weight excluding hydrogens is 361 g/mol. The minimum atomic E-state index is -0.451. The second kappa shape index (κ2) is 7.10. The zero-order valence-corrected chi connectivity index (χ0v) is 15.3. The second-order valence-corrected chi connectivity index (χ2v) is 6.23. The molecular formula is C19H18FN7O. The Hall–Kier alpha value is -3.75. The van der Waals surface area contributed by atoms with E-state index in [1.807, 2.05) is 32.3 Å². The number of halogens is 1. The number of anilines is 1. The van der Waals surface area contributed by atoms with Crippen LogP contribution in [0.5, 0.6) is 0 Å². The van der Waals surface area contributed by atoms with Crippen molar-refractivity contribution in [1.29, 1.82) is 0 Å². The molecule has 0 atom stereocenters. The average Bonchev–Trinajstić information content (AvgIpc) is 3.27. The van der Waals surface area contributed by atoms with Gasteiger partial charge in [-0.1, -0.05) is 0 Å². The van der Waals surface area contributed by atoms with E-state index in [1.54, 1.807) is 10.9 Å². The van der Waals surface area contributed by atoms with E-state index in [9.17, 15) is 9.18 Å². The van der Waals surface area contributed by atoms with E-state index >= 15 is 0 Å². The Kier molecular flexibility index (Phi) is 4.48. The van der Waals surface area contributed by atoms with Gasteiger partial charge in [0.15, 0.2) is 0 Å². The third-order valence-corrected chi connectivity index (χ3v) is 4.21. The largest absolute Gasteiger partial charge is 0.338 e. The summed E-state index contributed by atoms with van der Waals surface area (Å²) in [7, 11) is 1.83. The number of hydrogen-bond acceptors (Lipinski definition) is 4. The lowest BCUT2D eigenvalue weighted by Crippen LogP contribution is -2.28. The van der Waals surface area contributed by atoms with Crippen LogP contribution >= 0.6 is 0 Å². The van der Waals surface area contributed by atoms with E-state index in [4.69, 9.17) is 0 Å². The number of urea groups is 1. The van der Waals surface area contributed by atoms with Crippen molar-refractivity contribution < 1.29 is 9.18 Å². The highest BCUT2D eigenvalue weighted by Gasteiger charge is 2.17. The fourth-order valence-corrected chi connectivity index (χ4v) is 2.99. The molecule has 0 aliphatic heterocycles. The van der Waals surface area contributed by atoms with Gasteiger partial charge in [0.2, 0.25) is 5.95 Å². The molecule has 142 valence electrons. The van der Waals surface area contributed by atoms with Crippen molar-refractivity contribution in [2.45, 2.75) is 6.92 Å². The van der Waals surface area contributed by atoms with Gasteiger partial charge < -0.3 is 10.3 Å². The Morgan fingerprint density at radius 3 is 2.89 bits per heavy atom. The molecule has 4 aromatic rings. The number of amides is 2. The Bertz CT molecular complexity index is 1160. The minimum absolute atomic E-state index is 0.189. The second-order valence-electron chi connectivity index (χ2n) is 6.23. The molecule has 0 aliphatic rings. The zero-order valence-electron chi connectivity index (χ0n) is 15.3. The molecule has 0 radical (unpaired) electrons. The number of aromatic nitrogens is 5. The summed E-state index contributed by atoms with van der Waals surface area (Å²) in [5.41, 5.74) is 3.57. The zero-order chi connectivity index (χ0) is 19.7. The number of nitrogens with one attached hydrogen (secondary N) is 3. The first-order valence-electron chi connectivity index (χ1n) is 8.73. The summed E-state index contributed by atoms with van der Waals surface area (Å²) in [5, 5.41) is 9.48. The van der Waals surface area contributed by atoms with Gasteiger partial charge in [-0.25, -0.2) is 14.2 Å². The van der Waals surface area contributed by atoms with E-state index in [-0.39, 0.29) is 17.7 Å². The molecule has 3 N–H and O–H groups in total. The van der Waals surface area contributed by atoms with Gasteiger partial charge in [0.1, 0.15) is 17.0 Å². The first-order valence-corrected chi connectivity index (χ1v) is 8.73. The van der Waals surface area contributed by atoms with E-state index in [0.29, 0.717) is 23.1 Å². The highest BCUT2D eigenvalue weighted by molar-refractivity contribution is 5.98. The average molecular weight is 379 g/mol. The lowest BCUT2D eigenvalue weighted by atomic mass is 10.0. The van der Waals surface area contributed by atoms with Crippen LogP contribution in [0.3, 0.4) is 0 Å². The van der Waals surface area contributed by atoms with E-state index in [2.05, 4.69) is 30.7 Å². The number of benzene rings is 1. The van der Waals surface area contributed by atoms with Crippen LogP contribution in [0.1, 0.15) is 6.92 Å². The van der Waals surface area contributed by atoms with Gasteiger partial charge in [0, 0.05) is 37.1 Å². The molecule has 8 nitrogen and oxygen atoms in total. The first-order chi connectivity index (χ1) is 13.5. The molecule has 0 saturated heterocycles. The van der Waals surface area contributed by atoms with Gasteiger partial charge in [-0.3, -0.25) is 15.0 Å². The summed E-state index contributed by atoms with van der Waals surface area (Å²) in [4.78, 5) is 23.5. The quantitative estimate of drug-likeness (QED) is 0.506. The summed E-state index contributed by atoms with van der Waals surface area (Å²) >= 11 is 0. The lowest BCUT2D eigenvalue weighted by molar-refractivity contribution is 0.252. The molecule has 0 bridgehead atoms. The summed E-state index contributed by atoms with van der Waals surface area (Å²) in [6, 6.07) is 6.22. The summed E-state index contributed by atoms with van der Waals surface area (Å²) in [6.07, 6.45) is 5.12. The number of nitrogens with zero attached hydrogens (tertiary/aromatic N) is 4. The SMILES string of the molecule is CCNC(=O)Nc1nc2c(-c3ncccc3F)cc(-c3cnn(C)c3)cc2[nH]1. The smallest absolute Gasteiger partial charge is 0.321 e. The number of imidazole rings is 1. The monoisotopic (exact) mass is 379 g/mol. The summed E-state index contributed by atoms with van der Waals surface area (Å²) in [5.74, 6) is -0.185. The fourth-order valence-electron chi connectivity index (χ4n) is 2.99. The molecule has 0 spiro atoms. The molecule has 9 heteroatoms. The van der Waals surface area contributed by atoms with Crippen LogP contribution in [0.2, 0.25) is 0 Å². The molecule has 28 heavy (non-hydrogen) atoms. The number of carbonyl (C=O) groups excluding carboxylic acids is 1. The van der Waals surface area contributed by atoms with Crippen LogP contribution in [-0.4, -0.2) is 37.3 Å². The van der Waals surface area contributed by atoms with Crippen LogP contribution < -0.4 is 10.6 Å². The van der Waals surface area contributed by atoms with Crippen LogP contribution in [-0.2, 0) is 7.05 Å². The Morgan fingerprint density at radius 2 is 2.18 bits per heavy atom. The molecule has 0 aliphatic carbocycles. The first kappa shape index (κ1) is 17.7. The van der Waals surface area contributed by atoms with E-state index in [1.165, 1.54) is 18.3 Å². The molecule has 0 saturated carbocycles. The van der Waals surface area contributed by atoms with E-state index < -0.39 is 5.82 Å². The van der Waals surface area contributed by atoms with Crippen molar-refractivity contribution in [3.63, 3.8) is 0 Å². The Labute approximate surface area is 159 Å². The lowest BCUT2D eigenvalue weighted by Gasteiger charge is -2.06. The molecule has 1 aromatic carbocycles. The molecule has 4 rings (SSSR count). The third-order valence-electron chi connectivity index (χ3n) is 4.21. The summed E-state index contributed by atoms with van der Waals surface area (Å²) < 4.78 is 16.2. The number of hydrogen-bond donors (Lipinski definition) is 3. The molecule has 3 aromatic heterocycles. The predicted molar refractivity (Wildman–Crippen MR) is 104 cm³/mol. The predicted octanol–water partition coefficient (Wildman–Crippen LogP) is 3.31. The van der Waals surface area contributed by atoms with Crippen LogP contribution in [0, 0.1) is 5.82 Å². The number of fused-ring (bicyclic) bond motifs is 1. The van der Waals surface area contributed by atoms with Gasteiger partial charge in [0.05, 0.1) is 11.7 Å². The van der Waals surface area contributed by atoms with Crippen LogP contribution in [0.25, 0.3) is 33.4 Å². The number of carbonyl (C=O) groups is 1. The number of rotatable bonds is 4. The summed E-state index contributed by atoms with van der Waals surface area (Å²) in [6.45, 7) is 2.31. The van der Waals surface area contributed by atoms with Gasteiger partial charge in [-0.2, -0.15) is 5.10 Å². The maximum absolute atomic E-state index is 14.5. The topological polar surface area (TPSA) is 101 Å². The third kappa shape index (κ3) is 3.29. The van der Waals surface area contributed by atoms with Gasteiger partial charge in [0.25, 0.3) is 0 Å². The van der Waals surface area contributed by atoms with Crippen molar-refractivity contribution in [1.82, 2.24) is 30.0 Å². The number of pyridine rings is 1. The minimum Gasteiger partial charge on any atom is -0.338 e. The number of aromatic amines is 1. The van der Waals surface area contributed by atoms with Crippen LogP contribution in [0.4, 0.5) is 15.1 Å². The van der Waals surface area contributed by atoms with Crippen molar-refractivity contribution >= 4 is 23.0 Å². The van der Waals surface area contributed by atoms with E-state index in [0.717, 1.165) is 11.1 Å². The van der Waals surface area contributed by atoms with Gasteiger partial charge in [-0.05, 0) is 36.8 Å². The van der Waals surface area contributed by atoms with Crippen molar-refractivity contribution in [2.75, 3.05) is 11.9 Å². The molecule has 0 unspecified atom stereocenters. The normalized spacial score (nSPS) is 11.0. The van der Waals surface area contributed by atoms with Crippen molar-refractivity contribution in [2.24, 2.45) is 7.05 Å². The number of H-pyrrole nitrogens is 1. The fraction of sp³-hybridized carbons (Fsp3) is 0.158. The Balaban J connectivity index is 1.89. The highest BCUT2D eigenvalue weighted by Crippen LogP contribution is 2.33. The molecule has 3 heterocycles. The maximum atomic E-state index is 14.5. The van der Waals surface area contributed by atoms with Crippen LogP contribution in [0.15, 0.2) is 42.9 Å². The number of aryl methyl sites for hydroxylation is 1. The van der Waals surface area contributed by atoms with Crippen molar-refractivity contribution in [3.8, 4) is 22.4 Å². The standard InChI is InChI=1S/C19H18FN7O/c1-3-21-19(28)26-18-24-15-8-11(12-9-23-27(2)10-12)7-13(17(15)25-18)16-14(20)5-4-6-22-16/h4-10H,3H2,1-2H3,(H3,21,24,25,26,28). The molecule has 2 amide bonds. The van der Waals surface area contributed by atoms with Gasteiger partial charge >= 0.3 is 6.03 Å². The maximum Gasteiger partial charge on any atom is 0.321 e. The van der Waals surface area contributed by atoms with Crippen molar-refractivity contribution in [3.05, 3.63) is 48.7 Å². The Morgan fingerprint density at radius 1 is 1.32 bits per heavy atom. The van der Waals surface area contributed by atoms with Gasteiger partial charge in [-0.15, -0.1) is 0 Å². The molecule has 0 fully saturated rings.